The molecular formula is C16H14N2O4S. The first kappa shape index (κ1) is 15.1. The third kappa shape index (κ3) is 2.78. The Labute approximate surface area is 132 Å². The van der Waals surface area contributed by atoms with E-state index in [0.717, 1.165) is 5.56 Å². The van der Waals surface area contributed by atoms with Crippen LogP contribution >= 0.6 is 0 Å². The summed E-state index contributed by atoms with van der Waals surface area (Å²) in [4.78, 5) is 14.4. The molecule has 1 heterocycles. The minimum Gasteiger partial charge on any atom is -0.478 e. The van der Waals surface area contributed by atoms with Crippen LogP contribution in [-0.4, -0.2) is 24.5 Å². The molecule has 0 saturated carbocycles. The molecule has 1 aromatic heterocycles. The minimum atomic E-state index is -3.88. The van der Waals surface area contributed by atoms with Gasteiger partial charge >= 0.3 is 5.97 Å². The number of carboxylic acid groups (broad SMARTS) is 1. The van der Waals surface area contributed by atoms with Crippen molar-refractivity contribution in [3.8, 4) is 0 Å². The molecule has 0 aliphatic carbocycles. The molecule has 23 heavy (non-hydrogen) atoms. The van der Waals surface area contributed by atoms with Gasteiger partial charge in [-0.05, 0) is 25.1 Å². The lowest BCUT2D eigenvalue weighted by molar-refractivity contribution is 0.0700. The molecule has 0 radical (unpaired) electrons. The number of hydrogen-bond donors (Lipinski definition) is 3. The number of hydrogen-bond acceptors (Lipinski definition) is 3. The number of carboxylic acids is 1. The van der Waals surface area contributed by atoms with Crippen LogP contribution in [0.4, 0.5) is 5.82 Å². The Hall–Kier alpha value is -2.80. The number of aromatic nitrogens is 1. The lowest BCUT2D eigenvalue weighted by atomic mass is 10.2. The molecule has 3 rings (SSSR count). The second-order valence-corrected chi connectivity index (χ2v) is 6.83. The molecule has 0 aliphatic heterocycles. The van der Waals surface area contributed by atoms with Crippen molar-refractivity contribution < 1.29 is 18.3 Å². The largest absolute Gasteiger partial charge is 0.478 e. The van der Waals surface area contributed by atoms with Gasteiger partial charge in [0.25, 0.3) is 10.0 Å². The molecule has 3 N–H and O–H groups in total. The van der Waals surface area contributed by atoms with Gasteiger partial charge < -0.3 is 10.1 Å². The molecular weight excluding hydrogens is 316 g/mol. The van der Waals surface area contributed by atoms with Gasteiger partial charge in [-0.3, -0.25) is 4.72 Å². The summed E-state index contributed by atoms with van der Waals surface area (Å²) >= 11 is 0. The van der Waals surface area contributed by atoms with Crippen molar-refractivity contribution in [2.75, 3.05) is 4.72 Å². The van der Waals surface area contributed by atoms with Gasteiger partial charge in [0.2, 0.25) is 0 Å². The van der Waals surface area contributed by atoms with Crippen molar-refractivity contribution in [3.63, 3.8) is 0 Å². The SMILES string of the molecule is Cc1ccc(S(=O)(=O)Nc2[nH]c3ccccc3c2C(=O)O)cc1. The summed E-state index contributed by atoms with van der Waals surface area (Å²) in [5, 5.41) is 9.85. The highest BCUT2D eigenvalue weighted by Gasteiger charge is 2.22. The van der Waals surface area contributed by atoms with Crippen molar-refractivity contribution in [2.45, 2.75) is 11.8 Å². The van der Waals surface area contributed by atoms with E-state index in [0.29, 0.717) is 10.9 Å². The third-order valence-electron chi connectivity index (χ3n) is 3.49. The summed E-state index contributed by atoms with van der Waals surface area (Å²) in [6.07, 6.45) is 0. The van der Waals surface area contributed by atoms with Gasteiger partial charge in [0.15, 0.2) is 0 Å². The van der Waals surface area contributed by atoms with Crippen LogP contribution in [0.25, 0.3) is 10.9 Å². The van der Waals surface area contributed by atoms with Crippen molar-refractivity contribution >= 4 is 32.7 Å². The van der Waals surface area contributed by atoms with Gasteiger partial charge in [-0.1, -0.05) is 35.9 Å². The summed E-state index contributed by atoms with van der Waals surface area (Å²) in [6.45, 7) is 1.85. The van der Waals surface area contributed by atoms with Crippen LogP contribution in [0.5, 0.6) is 0 Å². The normalized spacial score (nSPS) is 11.5. The first-order valence-corrected chi connectivity index (χ1v) is 8.30. The number of aryl methyl sites for hydroxylation is 1. The van der Waals surface area contributed by atoms with Crippen LogP contribution in [0.3, 0.4) is 0 Å². The van der Waals surface area contributed by atoms with Crippen LogP contribution in [-0.2, 0) is 10.0 Å². The van der Waals surface area contributed by atoms with E-state index in [2.05, 4.69) is 9.71 Å². The fourth-order valence-corrected chi connectivity index (χ4v) is 3.39. The number of benzene rings is 2. The summed E-state index contributed by atoms with van der Waals surface area (Å²) < 4.78 is 27.2. The first-order chi connectivity index (χ1) is 10.9. The summed E-state index contributed by atoms with van der Waals surface area (Å²) in [7, 11) is -3.88. The predicted molar refractivity (Wildman–Crippen MR) is 87.2 cm³/mol. The molecule has 6 nitrogen and oxygen atoms in total. The summed E-state index contributed by atoms with van der Waals surface area (Å²) in [5.74, 6) is -1.26. The highest BCUT2D eigenvalue weighted by molar-refractivity contribution is 7.92. The monoisotopic (exact) mass is 330 g/mol. The molecule has 0 spiro atoms. The zero-order valence-electron chi connectivity index (χ0n) is 12.2. The van der Waals surface area contributed by atoms with E-state index in [4.69, 9.17) is 0 Å². The Morgan fingerprint density at radius 1 is 1.09 bits per heavy atom. The lowest BCUT2D eigenvalue weighted by Crippen LogP contribution is -2.15. The second-order valence-electron chi connectivity index (χ2n) is 5.14. The number of para-hydroxylation sites is 1. The Bertz CT molecular complexity index is 989. The van der Waals surface area contributed by atoms with E-state index in [1.807, 2.05) is 6.92 Å². The maximum Gasteiger partial charge on any atom is 0.340 e. The smallest absolute Gasteiger partial charge is 0.340 e. The van der Waals surface area contributed by atoms with Crippen molar-refractivity contribution in [3.05, 3.63) is 59.7 Å². The molecule has 0 atom stereocenters. The van der Waals surface area contributed by atoms with Crippen LogP contribution in [0.1, 0.15) is 15.9 Å². The maximum absolute atomic E-state index is 12.4. The number of nitrogens with one attached hydrogen (secondary N) is 2. The Morgan fingerprint density at radius 2 is 1.74 bits per heavy atom. The third-order valence-corrected chi connectivity index (χ3v) is 4.85. The average Bonchev–Trinajstić information content (AvgIpc) is 2.84. The topological polar surface area (TPSA) is 99.3 Å². The van der Waals surface area contributed by atoms with Crippen LogP contribution in [0.2, 0.25) is 0 Å². The number of rotatable bonds is 4. The van der Waals surface area contributed by atoms with E-state index in [1.54, 1.807) is 36.4 Å². The fourth-order valence-electron chi connectivity index (χ4n) is 2.35. The highest BCUT2D eigenvalue weighted by Crippen LogP contribution is 2.28. The van der Waals surface area contributed by atoms with E-state index >= 15 is 0 Å². The minimum absolute atomic E-state index is 0.0562. The van der Waals surface area contributed by atoms with Crippen molar-refractivity contribution in [1.29, 1.82) is 0 Å². The Morgan fingerprint density at radius 3 is 2.39 bits per heavy atom. The average molecular weight is 330 g/mol. The molecule has 118 valence electrons. The number of anilines is 1. The van der Waals surface area contributed by atoms with Crippen molar-refractivity contribution in [2.24, 2.45) is 0 Å². The van der Waals surface area contributed by atoms with E-state index in [1.165, 1.54) is 12.1 Å². The second kappa shape index (κ2) is 5.44. The standard InChI is InChI=1S/C16H14N2O4S/c1-10-6-8-11(9-7-10)23(21,22)18-15-14(16(19)20)12-4-2-3-5-13(12)17-15/h2-9,17-18H,1H3,(H,19,20). The molecule has 0 bridgehead atoms. The molecule has 0 fully saturated rings. The summed E-state index contributed by atoms with van der Waals surface area (Å²) in [6, 6.07) is 13.0. The summed E-state index contributed by atoms with van der Waals surface area (Å²) in [5.41, 5.74) is 1.38. The molecule has 3 aromatic rings. The quantitative estimate of drug-likeness (QED) is 0.685. The van der Waals surface area contributed by atoms with Gasteiger partial charge in [0.05, 0.1) is 4.90 Å². The number of aromatic carboxylic acids is 1. The molecule has 0 aliphatic rings. The molecule has 2 aromatic carbocycles. The van der Waals surface area contributed by atoms with Gasteiger partial charge in [-0.2, -0.15) is 0 Å². The molecule has 7 heteroatoms. The van der Waals surface area contributed by atoms with E-state index in [9.17, 15) is 18.3 Å². The number of carbonyl (C=O) groups is 1. The van der Waals surface area contributed by atoms with Crippen LogP contribution in [0, 0.1) is 6.92 Å². The molecule has 0 amide bonds. The van der Waals surface area contributed by atoms with Crippen LogP contribution in [0.15, 0.2) is 53.4 Å². The van der Waals surface area contributed by atoms with E-state index in [-0.39, 0.29) is 16.3 Å². The first-order valence-electron chi connectivity index (χ1n) is 6.82. The number of sulfonamides is 1. The Kier molecular flexibility index (Phi) is 3.57. The van der Waals surface area contributed by atoms with Gasteiger partial charge in [0, 0.05) is 10.9 Å². The molecule has 0 saturated heterocycles. The highest BCUT2D eigenvalue weighted by atomic mass is 32.2. The Balaban J connectivity index is 2.09. The zero-order chi connectivity index (χ0) is 16.6. The van der Waals surface area contributed by atoms with Gasteiger partial charge in [-0.15, -0.1) is 0 Å². The zero-order valence-corrected chi connectivity index (χ0v) is 13.0. The van der Waals surface area contributed by atoms with Gasteiger partial charge in [0.1, 0.15) is 11.4 Å². The number of aromatic amines is 1. The van der Waals surface area contributed by atoms with Crippen molar-refractivity contribution in [1.82, 2.24) is 4.98 Å². The number of H-pyrrole nitrogens is 1. The maximum atomic E-state index is 12.4. The van der Waals surface area contributed by atoms with E-state index < -0.39 is 16.0 Å². The number of fused-ring (bicyclic) bond motifs is 1. The molecule has 0 unspecified atom stereocenters. The predicted octanol–water partition coefficient (Wildman–Crippen LogP) is 2.98. The van der Waals surface area contributed by atoms with Crippen LogP contribution < -0.4 is 4.72 Å². The van der Waals surface area contributed by atoms with Gasteiger partial charge in [-0.25, -0.2) is 13.2 Å². The lowest BCUT2D eigenvalue weighted by Gasteiger charge is -2.07. The fraction of sp³-hybridized carbons (Fsp3) is 0.0625.